The van der Waals surface area contributed by atoms with E-state index in [0.29, 0.717) is 17.5 Å². The van der Waals surface area contributed by atoms with Gasteiger partial charge < -0.3 is 0 Å². The topological polar surface area (TPSA) is 64.5 Å². The van der Waals surface area contributed by atoms with Gasteiger partial charge in [0.05, 0.1) is 11.4 Å². The Bertz CT molecular complexity index is 2610. The van der Waals surface area contributed by atoms with Crippen molar-refractivity contribution in [1.82, 2.24) is 24.9 Å². The summed E-state index contributed by atoms with van der Waals surface area (Å²) >= 11 is 0. The molecule has 0 saturated heterocycles. The van der Waals surface area contributed by atoms with Gasteiger partial charge in [0, 0.05) is 33.4 Å². The summed E-state index contributed by atoms with van der Waals surface area (Å²) in [6.07, 6.45) is 2.85. The van der Waals surface area contributed by atoms with E-state index in [1.54, 1.807) is 0 Å². The molecule has 2 unspecified atom stereocenters. The molecular formula is C50H37N5. The van der Waals surface area contributed by atoms with Crippen molar-refractivity contribution in [2.45, 2.75) is 18.8 Å². The Hall–Kier alpha value is -6.59. The van der Waals surface area contributed by atoms with E-state index in [1.807, 2.05) is 66.7 Å². The molecule has 2 atom stereocenters. The standard InChI is InChI=1S/C50H37N5/c1-4-12-32(13-5-1)43-30-44(37-19-11-20-38(27-37)45-41-28-40-29-42(45)46(40)41)52-47(51-43)35-24-22-31(23-25-35)36-18-10-21-39(26-36)50-54-48(33-14-6-2-7-15-33)53-49(55-50)34-16-8-3-9-17-34/h1-27,30,40-42,45-46H,28-29H2. The third-order valence-corrected chi connectivity index (χ3v) is 12.3. The van der Waals surface area contributed by atoms with Gasteiger partial charge in [-0.15, -0.1) is 0 Å². The zero-order valence-corrected chi connectivity index (χ0v) is 30.2. The van der Waals surface area contributed by atoms with Crippen molar-refractivity contribution in [3.8, 4) is 79.2 Å². The smallest absolute Gasteiger partial charge is 0.164 e. The van der Waals surface area contributed by atoms with Gasteiger partial charge in [-0.2, -0.15) is 0 Å². The maximum atomic E-state index is 5.21. The minimum Gasteiger partial charge on any atom is -0.228 e. The summed E-state index contributed by atoms with van der Waals surface area (Å²) in [6.45, 7) is 0. The normalized spacial score (nSPS) is 20.4. The molecule has 0 aliphatic heterocycles. The Labute approximate surface area is 320 Å². The van der Waals surface area contributed by atoms with Crippen LogP contribution < -0.4 is 0 Å². The zero-order chi connectivity index (χ0) is 36.3. The molecule has 8 aromatic rings. The van der Waals surface area contributed by atoms with Gasteiger partial charge in [-0.1, -0.05) is 152 Å². The minimum atomic E-state index is 0.635. The zero-order valence-electron chi connectivity index (χ0n) is 30.2. The second-order valence-electron chi connectivity index (χ2n) is 15.3. The molecule has 0 N–H and O–H groups in total. The maximum Gasteiger partial charge on any atom is 0.164 e. The molecule has 262 valence electrons. The van der Waals surface area contributed by atoms with Crippen LogP contribution in [-0.2, 0) is 0 Å². The van der Waals surface area contributed by atoms with E-state index in [-0.39, 0.29) is 0 Å². The fraction of sp³-hybridized carbons (Fsp3) is 0.140. The van der Waals surface area contributed by atoms with Crippen LogP contribution in [0.1, 0.15) is 24.3 Å². The summed E-state index contributed by atoms with van der Waals surface area (Å²) in [5, 5.41) is 0. The first-order valence-corrected chi connectivity index (χ1v) is 19.3. The van der Waals surface area contributed by atoms with E-state index in [1.165, 1.54) is 18.4 Å². The number of nitrogens with zero attached hydrogens (tertiary/aromatic N) is 5. The highest BCUT2D eigenvalue weighted by Gasteiger charge is 2.67. The van der Waals surface area contributed by atoms with Crippen LogP contribution in [-0.4, -0.2) is 24.9 Å². The fourth-order valence-corrected chi connectivity index (χ4v) is 9.46. The monoisotopic (exact) mass is 707 g/mol. The molecule has 55 heavy (non-hydrogen) atoms. The minimum absolute atomic E-state index is 0.635. The first-order chi connectivity index (χ1) is 27.2. The lowest BCUT2D eigenvalue weighted by Gasteiger charge is -2.73. The van der Waals surface area contributed by atoms with Crippen molar-refractivity contribution in [2.24, 2.45) is 23.7 Å². The van der Waals surface area contributed by atoms with Gasteiger partial charge in [0.15, 0.2) is 23.3 Å². The summed E-state index contributed by atoms with van der Waals surface area (Å²) < 4.78 is 0. The highest BCUT2D eigenvalue weighted by Crippen LogP contribution is 2.75. The predicted molar refractivity (Wildman–Crippen MR) is 219 cm³/mol. The molecule has 5 nitrogen and oxygen atoms in total. The predicted octanol–water partition coefficient (Wildman–Crippen LogP) is 11.7. The molecule has 3 aliphatic rings. The molecule has 0 radical (unpaired) electrons. The third kappa shape index (κ3) is 5.66. The summed E-state index contributed by atoms with van der Waals surface area (Å²) in [6, 6.07) is 58.9. The number of hydrogen-bond acceptors (Lipinski definition) is 5. The second kappa shape index (κ2) is 13.1. The van der Waals surface area contributed by atoms with Crippen LogP contribution in [0.2, 0.25) is 0 Å². The summed E-state index contributed by atoms with van der Waals surface area (Å²) in [4.78, 5) is 25.1. The van der Waals surface area contributed by atoms with E-state index < -0.39 is 0 Å². The van der Waals surface area contributed by atoms with Crippen LogP contribution in [0.5, 0.6) is 0 Å². The van der Waals surface area contributed by atoms with Crippen molar-refractivity contribution in [1.29, 1.82) is 0 Å². The molecule has 11 rings (SSSR count). The van der Waals surface area contributed by atoms with Crippen molar-refractivity contribution >= 4 is 0 Å². The van der Waals surface area contributed by atoms with Crippen molar-refractivity contribution < 1.29 is 0 Å². The number of benzene rings is 6. The van der Waals surface area contributed by atoms with Crippen LogP contribution in [0.4, 0.5) is 0 Å². The van der Waals surface area contributed by atoms with E-state index in [9.17, 15) is 0 Å². The quantitative estimate of drug-likeness (QED) is 0.157. The lowest BCUT2D eigenvalue weighted by atomic mass is 9.31. The second-order valence-corrected chi connectivity index (χ2v) is 15.3. The average molecular weight is 708 g/mol. The van der Waals surface area contributed by atoms with Gasteiger partial charge in [-0.25, -0.2) is 24.9 Å². The number of rotatable bonds is 8. The molecule has 3 saturated carbocycles. The SMILES string of the molecule is c1ccc(-c2cc(-c3cccc(C4C5CC6CC4C65)c3)nc(-c3ccc(-c4cccc(-c5nc(-c6ccccc6)nc(-c6ccccc6)n5)c4)cc3)n2)cc1. The van der Waals surface area contributed by atoms with Crippen molar-refractivity contribution in [3.63, 3.8) is 0 Å². The van der Waals surface area contributed by atoms with E-state index in [2.05, 4.69) is 103 Å². The molecule has 5 heteroatoms. The Morgan fingerprint density at radius 2 is 0.782 bits per heavy atom. The largest absolute Gasteiger partial charge is 0.228 e. The summed E-state index contributed by atoms with van der Waals surface area (Å²) in [7, 11) is 0. The van der Waals surface area contributed by atoms with Crippen LogP contribution in [0.25, 0.3) is 79.2 Å². The van der Waals surface area contributed by atoms with Gasteiger partial charge in [-0.3, -0.25) is 0 Å². The van der Waals surface area contributed by atoms with Crippen molar-refractivity contribution in [2.75, 3.05) is 0 Å². The van der Waals surface area contributed by atoms with Gasteiger partial charge in [0.1, 0.15) is 0 Å². The molecule has 3 aliphatic carbocycles. The summed E-state index contributed by atoms with van der Waals surface area (Å²) in [5.41, 5.74) is 11.6. The number of hydrogen-bond donors (Lipinski definition) is 0. The van der Waals surface area contributed by atoms with Gasteiger partial charge in [0.2, 0.25) is 0 Å². The van der Waals surface area contributed by atoms with Gasteiger partial charge >= 0.3 is 0 Å². The van der Waals surface area contributed by atoms with E-state index in [4.69, 9.17) is 24.9 Å². The first-order valence-electron chi connectivity index (χ1n) is 19.3. The Morgan fingerprint density at radius 3 is 1.38 bits per heavy atom. The molecule has 2 aromatic heterocycles. The fourth-order valence-electron chi connectivity index (χ4n) is 9.46. The molecule has 3 fully saturated rings. The van der Waals surface area contributed by atoms with Gasteiger partial charge in [0.25, 0.3) is 0 Å². The van der Waals surface area contributed by atoms with Crippen LogP contribution >= 0.6 is 0 Å². The molecule has 6 aromatic carbocycles. The lowest BCUT2D eigenvalue weighted by Crippen LogP contribution is -2.65. The third-order valence-electron chi connectivity index (χ3n) is 12.3. The first kappa shape index (κ1) is 31.9. The maximum absolute atomic E-state index is 5.21. The highest BCUT2D eigenvalue weighted by atomic mass is 15.0. The molecular weight excluding hydrogens is 671 g/mol. The molecule has 0 bridgehead atoms. The van der Waals surface area contributed by atoms with Crippen LogP contribution in [0.15, 0.2) is 170 Å². The van der Waals surface area contributed by atoms with Crippen LogP contribution in [0.3, 0.4) is 0 Å². The molecule has 0 spiro atoms. The molecule has 0 amide bonds. The Kier molecular flexibility index (Phi) is 7.58. The highest BCUT2D eigenvalue weighted by molar-refractivity contribution is 5.76. The van der Waals surface area contributed by atoms with E-state index >= 15 is 0 Å². The van der Waals surface area contributed by atoms with E-state index in [0.717, 1.165) is 91.3 Å². The van der Waals surface area contributed by atoms with Crippen LogP contribution in [0, 0.1) is 23.7 Å². The number of aromatic nitrogens is 5. The van der Waals surface area contributed by atoms with Gasteiger partial charge in [-0.05, 0) is 77.3 Å². The van der Waals surface area contributed by atoms with Crippen molar-refractivity contribution in [3.05, 3.63) is 175 Å². The lowest BCUT2D eigenvalue weighted by molar-refractivity contribution is -0.214. The Morgan fingerprint density at radius 1 is 0.327 bits per heavy atom. The summed E-state index contributed by atoms with van der Waals surface area (Å²) in [5.74, 6) is 7.21. The average Bonchev–Trinajstić information content (AvgIpc) is 3.27. The molecule has 2 heterocycles. The Balaban J connectivity index is 0.935.